The summed E-state index contributed by atoms with van der Waals surface area (Å²) in [7, 11) is 0. The zero-order valence-corrected chi connectivity index (χ0v) is 12.5. The summed E-state index contributed by atoms with van der Waals surface area (Å²) < 4.78 is 0. The Morgan fingerprint density at radius 3 is 2.50 bits per heavy atom. The first-order valence-electron chi connectivity index (χ1n) is 7.93. The van der Waals surface area contributed by atoms with Gasteiger partial charge >= 0.3 is 0 Å². The number of piperazine rings is 1. The van der Waals surface area contributed by atoms with Crippen molar-refractivity contribution in [3.63, 3.8) is 0 Å². The van der Waals surface area contributed by atoms with E-state index < -0.39 is 0 Å². The van der Waals surface area contributed by atoms with Gasteiger partial charge in [-0.2, -0.15) is 0 Å². The van der Waals surface area contributed by atoms with Crippen molar-refractivity contribution in [3.8, 4) is 17.0 Å². The van der Waals surface area contributed by atoms with Gasteiger partial charge < -0.3 is 15.3 Å². The molecule has 2 N–H and O–H groups in total. The third-order valence-electron chi connectivity index (χ3n) is 4.33. The second kappa shape index (κ2) is 5.57. The van der Waals surface area contributed by atoms with Gasteiger partial charge in [0.1, 0.15) is 11.6 Å². The first-order chi connectivity index (χ1) is 10.8. The Morgan fingerprint density at radius 2 is 1.82 bits per heavy atom. The fourth-order valence-electron chi connectivity index (χ4n) is 2.90. The van der Waals surface area contributed by atoms with E-state index in [9.17, 15) is 5.11 Å². The van der Waals surface area contributed by atoms with Gasteiger partial charge in [0.2, 0.25) is 0 Å². The minimum atomic E-state index is 0.281. The molecule has 1 saturated carbocycles. The second-order valence-corrected chi connectivity index (χ2v) is 6.02. The summed E-state index contributed by atoms with van der Waals surface area (Å²) in [4.78, 5) is 11.8. The lowest BCUT2D eigenvalue weighted by Gasteiger charge is -2.30. The fraction of sp³-hybridized carbons (Fsp3) is 0.412. The molecule has 2 aromatic rings. The van der Waals surface area contributed by atoms with Crippen LogP contribution in [0.25, 0.3) is 11.3 Å². The van der Waals surface area contributed by atoms with Crippen LogP contribution in [0.3, 0.4) is 0 Å². The highest BCUT2D eigenvalue weighted by molar-refractivity contribution is 5.75. The minimum absolute atomic E-state index is 0.281. The van der Waals surface area contributed by atoms with Gasteiger partial charge in [-0.1, -0.05) is 0 Å². The summed E-state index contributed by atoms with van der Waals surface area (Å²) in [6, 6.07) is 7.30. The van der Waals surface area contributed by atoms with E-state index in [0.717, 1.165) is 48.9 Å². The summed E-state index contributed by atoms with van der Waals surface area (Å²) in [6.45, 7) is 3.91. The molecule has 0 amide bonds. The van der Waals surface area contributed by atoms with Crippen molar-refractivity contribution < 1.29 is 5.11 Å². The van der Waals surface area contributed by atoms with Crippen LogP contribution in [0.1, 0.15) is 24.6 Å². The van der Waals surface area contributed by atoms with Crippen LogP contribution in [0.2, 0.25) is 0 Å². The lowest BCUT2D eigenvalue weighted by molar-refractivity contribution is 0.475. The number of hydrogen-bond acceptors (Lipinski definition) is 5. The van der Waals surface area contributed by atoms with Gasteiger partial charge in [-0.3, -0.25) is 0 Å². The molecule has 1 aromatic carbocycles. The van der Waals surface area contributed by atoms with Crippen molar-refractivity contribution in [1.82, 2.24) is 15.3 Å². The average molecular weight is 296 g/mol. The van der Waals surface area contributed by atoms with E-state index in [0.29, 0.717) is 5.92 Å². The van der Waals surface area contributed by atoms with E-state index in [1.807, 2.05) is 18.3 Å². The molecule has 4 rings (SSSR count). The van der Waals surface area contributed by atoms with Gasteiger partial charge in [0.15, 0.2) is 0 Å². The molecule has 0 atom stereocenters. The molecule has 1 aliphatic heterocycles. The number of benzene rings is 1. The number of aromatic nitrogens is 2. The van der Waals surface area contributed by atoms with E-state index >= 15 is 0 Å². The molecule has 0 unspecified atom stereocenters. The molecular weight excluding hydrogens is 276 g/mol. The third-order valence-corrected chi connectivity index (χ3v) is 4.33. The fourth-order valence-corrected chi connectivity index (χ4v) is 2.90. The van der Waals surface area contributed by atoms with E-state index in [1.165, 1.54) is 12.8 Å². The van der Waals surface area contributed by atoms with Crippen LogP contribution in [0.5, 0.6) is 5.75 Å². The van der Waals surface area contributed by atoms with Gasteiger partial charge in [-0.05, 0) is 37.1 Å². The van der Waals surface area contributed by atoms with E-state index in [1.54, 1.807) is 12.1 Å². The van der Waals surface area contributed by atoms with Gasteiger partial charge in [-0.15, -0.1) is 0 Å². The van der Waals surface area contributed by atoms with Crippen LogP contribution < -0.4 is 10.2 Å². The Labute approximate surface area is 130 Å². The van der Waals surface area contributed by atoms with Gasteiger partial charge in [-0.25, -0.2) is 9.97 Å². The van der Waals surface area contributed by atoms with Crippen LogP contribution in [0, 0.1) is 0 Å². The van der Waals surface area contributed by atoms with Crippen molar-refractivity contribution in [2.24, 2.45) is 0 Å². The molecule has 2 fully saturated rings. The van der Waals surface area contributed by atoms with Crippen LogP contribution in [0.4, 0.5) is 5.69 Å². The van der Waals surface area contributed by atoms with Crippen molar-refractivity contribution >= 4 is 5.69 Å². The number of nitrogens with one attached hydrogen (secondary N) is 1. The summed E-state index contributed by atoms with van der Waals surface area (Å²) in [6.07, 6.45) is 4.37. The highest BCUT2D eigenvalue weighted by Gasteiger charge is 2.28. The molecule has 5 nitrogen and oxygen atoms in total. The molecule has 0 bridgehead atoms. The maximum absolute atomic E-state index is 9.52. The summed E-state index contributed by atoms with van der Waals surface area (Å²) >= 11 is 0. The van der Waals surface area contributed by atoms with E-state index in [2.05, 4.69) is 15.2 Å². The predicted octanol–water partition coefficient (Wildman–Crippen LogP) is 2.14. The zero-order chi connectivity index (χ0) is 14.9. The van der Waals surface area contributed by atoms with E-state index in [-0.39, 0.29) is 5.75 Å². The number of phenolic OH excluding ortho intramolecular Hbond substituents is 1. The van der Waals surface area contributed by atoms with Gasteiger partial charge in [0.25, 0.3) is 0 Å². The summed E-state index contributed by atoms with van der Waals surface area (Å²) in [5.74, 6) is 1.78. The maximum atomic E-state index is 9.52. The summed E-state index contributed by atoms with van der Waals surface area (Å²) in [5, 5.41) is 12.9. The molecule has 1 saturated heterocycles. The molecular formula is C17H20N4O. The molecule has 114 valence electrons. The number of anilines is 1. The second-order valence-electron chi connectivity index (χ2n) is 6.02. The SMILES string of the molecule is Oc1ccc(-c2nc(C3CC3)ncc2N2CCNCC2)cc1. The molecule has 5 heteroatoms. The van der Waals surface area contributed by atoms with Crippen molar-refractivity contribution in [2.75, 3.05) is 31.1 Å². The van der Waals surface area contributed by atoms with Crippen molar-refractivity contribution in [3.05, 3.63) is 36.3 Å². The monoisotopic (exact) mass is 296 g/mol. The quantitative estimate of drug-likeness (QED) is 0.908. The van der Waals surface area contributed by atoms with Gasteiger partial charge in [0, 0.05) is 37.7 Å². The Kier molecular flexibility index (Phi) is 3.42. The van der Waals surface area contributed by atoms with Crippen LogP contribution >= 0.6 is 0 Å². The number of rotatable bonds is 3. The Morgan fingerprint density at radius 1 is 1.09 bits per heavy atom. The number of hydrogen-bond donors (Lipinski definition) is 2. The number of phenols is 1. The van der Waals surface area contributed by atoms with Crippen LogP contribution in [0.15, 0.2) is 30.5 Å². The minimum Gasteiger partial charge on any atom is -0.508 e. The average Bonchev–Trinajstić information content (AvgIpc) is 3.41. The largest absolute Gasteiger partial charge is 0.508 e. The molecule has 0 spiro atoms. The van der Waals surface area contributed by atoms with Crippen molar-refractivity contribution in [1.29, 1.82) is 0 Å². The molecule has 2 aliphatic rings. The zero-order valence-electron chi connectivity index (χ0n) is 12.5. The number of aromatic hydroxyl groups is 1. The smallest absolute Gasteiger partial charge is 0.132 e. The number of nitrogens with zero attached hydrogens (tertiary/aromatic N) is 3. The standard InChI is InChI=1S/C17H20N4O/c22-14-5-3-12(4-6-14)16-15(21-9-7-18-8-10-21)11-19-17(20-16)13-1-2-13/h3-6,11,13,18,22H,1-2,7-10H2. The molecule has 1 aromatic heterocycles. The Bertz CT molecular complexity index is 661. The third kappa shape index (κ3) is 2.64. The molecule has 0 radical (unpaired) electrons. The van der Waals surface area contributed by atoms with Crippen LogP contribution in [-0.2, 0) is 0 Å². The highest BCUT2D eigenvalue weighted by Crippen LogP contribution is 2.40. The van der Waals surface area contributed by atoms with Crippen LogP contribution in [-0.4, -0.2) is 41.3 Å². The normalized spacial score (nSPS) is 18.5. The first-order valence-corrected chi connectivity index (χ1v) is 7.93. The highest BCUT2D eigenvalue weighted by atomic mass is 16.3. The molecule has 2 heterocycles. The Hall–Kier alpha value is -2.14. The maximum Gasteiger partial charge on any atom is 0.132 e. The lowest BCUT2D eigenvalue weighted by atomic mass is 10.1. The first kappa shape index (κ1) is 13.5. The predicted molar refractivity (Wildman–Crippen MR) is 86.2 cm³/mol. The molecule has 22 heavy (non-hydrogen) atoms. The molecule has 1 aliphatic carbocycles. The lowest BCUT2D eigenvalue weighted by Crippen LogP contribution is -2.43. The topological polar surface area (TPSA) is 61.3 Å². The Balaban J connectivity index is 1.77. The van der Waals surface area contributed by atoms with Gasteiger partial charge in [0.05, 0.1) is 17.6 Å². The van der Waals surface area contributed by atoms with Crippen molar-refractivity contribution in [2.45, 2.75) is 18.8 Å². The summed E-state index contributed by atoms with van der Waals surface area (Å²) in [5.41, 5.74) is 3.12. The van der Waals surface area contributed by atoms with E-state index in [4.69, 9.17) is 4.98 Å².